The van der Waals surface area contributed by atoms with E-state index in [1.165, 1.54) is 6.26 Å². The minimum atomic E-state index is -0.740. The minimum Gasteiger partial charge on any atom is -0.459 e. The van der Waals surface area contributed by atoms with Crippen LogP contribution in [0.1, 0.15) is 34.5 Å². The van der Waals surface area contributed by atoms with Crippen LogP contribution >= 0.6 is 0 Å². The molecule has 32 heavy (non-hydrogen) atoms. The van der Waals surface area contributed by atoms with Gasteiger partial charge in [-0.25, -0.2) is 0 Å². The summed E-state index contributed by atoms with van der Waals surface area (Å²) in [5.74, 6) is 0.275. The van der Waals surface area contributed by atoms with Crippen LogP contribution in [-0.4, -0.2) is 41.0 Å². The molecule has 0 bridgehead atoms. The van der Waals surface area contributed by atoms with Crippen LogP contribution < -0.4 is 10.6 Å². The second kappa shape index (κ2) is 8.28. The number of carbonyl (C=O) groups is 2. The number of amides is 2. The van der Waals surface area contributed by atoms with Gasteiger partial charge in [-0.05, 0) is 36.1 Å². The molecule has 1 aromatic heterocycles. The quantitative estimate of drug-likeness (QED) is 0.653. The largest absolute Gasteiger partial charge is 0.459 e. The third kappa shape index (κ3) is 3.94. The summed E-state index contributed by atoms with van der Waals surface area (Å²) in [6.45, 7) is 1.11. The summed E-state index contributed by atoms with van der Waals surface area (Å²) < 4.78 is 5.27. The predicted molar refractivity (Wildman–Crippen MR) is 121 cm³/mol. The number of likely N-dealkylation sites (tertiary alicyclic amines) is 1. The van der Waals surface area contributed by atoms with Crippen molar-refractivity contribution in [1.82, 2.24) is 15.5 Å². The lowest BCUT2D eigenvalue weighted by Gasteiger charge is -2.40. The predicted octanol–water partition coefficient (Wildman–Crippen LogP) is 3.16. The van der Waals surface area contributed by atoms with Crippen molar-refractivity contribution >= 4 is 11.8 Å². The summed E-state index contributed by atoms with van der Waals surface area (Å²) in [7, 11) is 0. The first kappa shape index (κ1) is 20.5. The smallest absolute Gasteiger partial charge is 0.289 e. The normalized spacial score (nSPS) is 19.1. The van der Waals surface area contributed by atoms with Crippen LogP contribution in [0.2, 0.25) is 0 Å². The Kier molecular flexibility index (Phi) is 5.31. The SMILES string of the molecule is O=C(c1ccco1)N1CCC2(CC1)NC(=O)C(Cc1ccccc1)(Cc1ccccc1)N2. The molecular formula is C26H27N3O3. The summed E-state index contributed by atoms with van der Waals surface area (Å²) in [6, 6.07) is 23.7. The molecule has 3 heterocycles. The van der Waals surface area contributed by atoms with Gasteiger partial charge in [0.05, 0.1) is 11.9 Å². The van der Waals surface area contributed by atoms with Gasteiger partial charge >= 0.3 is 0 Å². The van der Waals surface area contributed by atoms with Gasteiger partial charge < -0.3 is 14.6 Å². The number of hydrogen-bond donors (Lipinski definition) is 2. The first-order chi connectivity index (χ1) is 15.6. The Balaban J connectivity index is 1.37. The molecule has 0 aliphatic carbocycles. The van der Waals surface area contributed by atoms with Crippen molar-refractivity contribution < 1.29 is 14.0 Å². The summed E-state index contributed by atoms with van der Waals surface area (Å²) >= 11 is 0. The fourth-order valence-corrected chi connectivity index (χ4v) is 4.98. The maximum Gasteiger partial charge on any atom is 0.289 e. The van der Waals surface area contributed by atoms with E-state index in [-0.39, 0.29) is 11.8 Å². The van der Waals surface area contributed by atoms with E-state index in [0.717, 1.165) is 11.1 Å². The summed E-state index contributed by atoms with van der Waals surface area (Å²) in [5, 5.41) is 7.02. The van der Waals surface area contributed by atoms with Crippen LogP contribution in [0.4, 0.5) is 0 Å². The molecule has 2 fully saturated rings. The molecule has 2 aliphatic rings. The monoisotopic (exact) mass is 429 g/mol. The van der Waals surface area contributed by atoms with Crippen LogP contribution in [0.15, 0.2) is 83.5 Å². The third-order valence-corrected chi connectivity index (χ3v) is 6.60. The number of rotatable bonds is 5. The van der Waals surface area contributed by atoms with Crippen molar-refractivity contribution in [2.24, 2.45) is 0 Å². The van der Waals surface area contributed by atoms with E-state index in [1.54, 1.807) is 17.0 Å². The molecule has 1 spiro atoms. The second-order valence-corrected chi connectivity index (χ2v) is 8.84. The zero-order valence-corrected chi connectivity index (χ0v) is 17.9. The molecule has 0 saturated carbocycles. The van der Waals surface area contributed by atoms with Crippen molar-refractivity contribution in [2.45, 2.75) is 36.9 Å². The van der Waals surface area contributed by atoms with Gasteiger partial charge in [0.25, 0.3) is 5.91 Å². The Morgan fingerprint density at radius 1 is 0.875 bits per heavy atom. The van der Waals surface area contributed by atoms with Crippen molar-refractivity contribution in [2.75, 3.05) is 13.1 Å². The van der Waals surface area contributed by atoms with E-state index in [2.05, 4.69) is 34.9 Å². The van der Waals surface area contributed by atoms with Gasteiger partial charge in [0.15, 0.2) is 5.76 Å². The summed E-state index contributed by atoms with van der Waals surface area (Å²) in [6.07, 6.45) is 4.02. The summed E-state index contributed by atoms with van der Waals surface area (Å²) in [5.41, 5.74) is 0.985. The van der Waals surface area contributed by atoms with Gasteiger partial charge in [0.1, 0.15) is 5.54 Å². The highest BCUT2D eigenvalue weighted by Crippen LogP contribution is 2.33. The lowest BCUT2D eigenvalue weighted by atomic mass is 9.84. The molecule has 2 aromatic carbocycles. The average Bonchev–Trinajstić information content (AvgIpc) is 3.43. The first-order valence-electron chi connectivity index (χ1n) is 11.1. The topological polar surface area (TPSA) is 74.6 Å². The Labute approximate surface area is 187 Å². The maximum absolute atomic E-state index is 13.5. The van der Waals surface area contributed by atoms with Gasteiger partial charge in [0, 0.05) is 25.9 Å². The fraction of sp³-hybridized carbons (Fsp3) is 0.308. The molecule has 2 N–H and O–H groups in total. The molecule has 164 valence electrons. The molecule has 0 radical (unpaired) electrons. The van der Waals surface area contributed by atoms with Crippen LogP contribution in [0.25, 0.3) is 0 Å². The highest BCUT2D eigenvalue weighted by atomic mass is 16.3. The van der Waals surface area contributed by atoms with E-state index in [0.29, 0.717) is 44.5 Å². The molecule has 2 amide bonds. The maximum atomic E-state index is 13.5. The molecular weight excluding hydrogens is 402 g/mol. The second-order valence-electron chi connectivity index (χ2n) is 8.84. The van der Waals surface area contributed by atoms with Gasteiger partial charge in [-0.2, -0.15) is 0 Å². The summed E-state index contributed by atoms with van der Waals surface area (Å²) in [4.78, 5) is 28.0. The number of furan rings is 1. The molecule has 6 heteroatoms. The highest BCUT2D eigenvalue weighted by Gasteiger charge is 2.54. The molecule has 2 saturated heterocycles. The van der Waals surface area contributed by atoms with Gasteiger partial charge in [-0.1, -0.05) is 60.7 Å². The zero-order valence-electron chi connectivity index (χ0n) is 17.9. The Hall–Kier alpha value is -3.38. The zero-order chi connectivity index (χ0) is 22.0. The van der Waals surface area contributed by atoms with Crippen LogP contribution in [0.3, 0.4) is 0 Å². The van der Waals surface area contributed by atoms with Crippen LogP contribution in [0, 0.1) is 0 Å². The Morgan fingerprint density at radius 3 is 2.00 bits per heavy atom. The number of benzene rings is 2. The lowest BCUT2D eigenvalue weighted by molar-refractivity contribution is -0.124. The fourth-order valence-electron chi connectivity index (χ4n) is 4.98. The standard InChI is InChI=1S/C26H27N3O3/c30-23(22-12-7-17-32-22)29-15-13-26(14-16-29)27-24(31)25(28-26,18-20-8-3-1-4-9-20)19-21-10-5-2-6-11-21/h1-12,17,28H,13-16,18-19H2,(H,27,31). The van der Waals surface area contributed by atoms with E-state index >= 15 is 0 Å². The Bertz CT molecular complexity index is 1030. The number of hydrogen-bond acceptors (Lipinski definition) is 4. The molecule has 2 aliphatic heterocycles. The molecule has 6 nitrogen and oxygen atoms in total. The van der Waals surface area contributed by atoms with Crippen molar-refractivity contribution in [1.29, 1.82) is 0 Å². The first-order valence-corrected chi connectivity index (χ1v) is 11.1. The van der Waals surface area contributed by atoms with Gasteiger partial charge in [-0.3, -0.25) is 14.9 Å². The van der Waals surface area contributed by atoms with E-state index in [4.69, 9.17) is 4.42 Å². The molecule has 3 aromatic rings. The van der Waals surface area contributed by atoms with Crippen molar-refractivity contribution in [3.05, 3.63) is 95.9 Å². The van der Waals surface area contributed by atoms with Crippen LogP contribution in [-0.2, 0) is 17.6 Å². The van der Waals surface area contributed by atoms with E-state index in [1.807, 2.05) is 36.4 Å². The average molecular weight is 430 g/mol. The highest BCUT2D eigenvalue weighted by molar-refractivity contribution is 5.92. The minimum absolute atomic E-state index is 0.0241. The van der Waals surface area contributed by atoms with Crippen molar-refractivity contribution in [3.8, 4) is 0 Å². The number of nitrogens with zero attached hydrogens (tertiary/aromatic N) is 1. The Morgan fingerprint density at radius 2 is 1.47 bits per heavy atom. The van der Waals surface area contributed by atoms with Gasteiger partial charge in [-0.15, -0.1) is 0 Å². The van der Waals surface area contributed by atoms with E-state index < -0.39 is 11.2 Å². The van der Waals surface area contributed by atoms with Gasteiger partial charge in [0.2, 0.25) is 5.91 Å². The lowest BCUT2D eigenvalue weighted by Crippen LogP contribution is -2.60. The number of carbonyl (C=O) groups excluding carboxylic acids is 2. The molecule has 0 unspecified atom stereocenters. The van der Waals surface area contributed by atoms with Crippen LogP contribution in [0.5, 0.6) is 0 Å². The number of nitrogens with one attached hydrogen (secondary N) is 2. The third-order valence-electron chi connectivity index (χ3n) is 6.60. The molecule has 5 rings (SSSR count). The molecule has 0 atom stereocenters. The number of piperidine rings is 1. The van der Waals surface area contributed by atoms with E-state index in [9.17, 15) is 9.59 Å². The van der Waals surface area contributed by atoms with Crippen molar-refractivity contribution in [3.63, 3.8) is 0 Å².